The molecule has 136 valence electrons. The zero-order valence-electron chi connectivity index (χ0n) is 14.0. The molecule has 2 heterocycles. The third-order valence-corrected chi connectivity index (χ3v) is 4.87. The molecule has 1 N–H and O–H groups in total. The Hall–Kier alpha value is -2.64. The number of furan rings is 1. The zero-order valence-corrected chi connectivity index (χ0v) is 16.3. The van der Waals surface area contributed by atoms with Crippen molar-refractivity contribution in [1.29, 1.82) is 0 Å². The summed E-state index contributed by atoms with van der Waals surface area (Å²) in [6.45, 7) is 1.59. The molecule has 6 nitrogen and oxygen atoms in total. The summed E-state index contributed by atoms with van der Waals surface area (Å²) in [7, 11) is 0. The standard InChI is InChI=1S/C19H12BrClN2O4/c1-9-13-6-10(20)2-5-15(13)27-17(9)19(25)26-8-16-22-14-7-11(21)3-4-12(14)18(24)23-16/h2-7H,8H2,1H3,(H,22,23,24). The number of carbonyl (C=O) groups is 1. The average Bonchev–Trinajstić information content (AvgIpc) is 2.96. The van der Waals surface area contributed by atoms with Gasteiger partial charge in [-0.2, -0.15) is 0 Å². The fraction of sp³-hybridized carbons (Fsp3) is 0.105. The first-order valence-corrected chi connectivity index (χ1v) is 9.14. The van der Waals surface area contributed by atoms with Gasteiger partial charge >= 0.3 is 5.97 Å². The van der Waals surface area contributed by atoms with E-state index >= 15 is 0 Å². The van der Waals surface area contributed by atoms with Crippen LogP contribution in [0.3, 0.4) is 0 Å². The Morgan fingerprint density at radius 2 is 2.07 bits per heavy atom. The average molecular weight is 448 g/mol. The number of hydrogen-bond acceptors (Lipinski definition) is 5. The summed E-state index contributed by atoms with van der Waals surface area (Å²) < 4.78 is 11.8. The number of esters is 1. The smallest absolute Gasteiger partial charge is 0.375 e. The monoisotopic (exact) mass is 446 g/mol. The molecule has 0 radical (unpaired) electrons. The second kappa shape index (κ2) is 6.83. The van der Waals surface area contributed by atoms with Gasteiger partial charge in [-0.15, -0.1) is 0 Å². The molecule has 0 bridgehead atoms. The molecule has 4 rings (SSSR count). The van der Waals surface area contributed by atoms with E-state index in [4.69, 9.17) is 20.8 Å². The maximum absolute atomic E-state index is 12.4. The van der Waals surface area contributed by atoms with Gasteiger partial charge in [0, 0.05) is 20.4 Å². The first-order valence-electron chi connectivity index (χ1n) is 7.96. The van der Waals surface area contributed by atoms with Crippen molar-refractivity contribution in [1.82, 2.24) is 9.97 Å². The van der Waals surface area contributed by atoms with Crippen LogP contribution in [0, 0.1) is 6.92 Å². The predicted octanol–water partition coefficient (Wildman–Crippen LogP) is 4.75. The Balaban J connectivity index is 1.60. The lowest BCUT2D eigenvalue weighted by atomic mass is 10.1. The highest BCUT2D eigenvalue weighted by Gasteiger charge is 2.19. The minimum absolute atomic E-state index is 0.120. The third kappa shape index (κ3) is 3.36. The van der Waals surface area contributed by atoms with Crippen LogP contribution in [0.4, 0.5) is 0 Å². The van der Waals surface area contributed by atoms with Gasteiger partial charge in [0.05, 0.1) is 10.9 Å². The molecule has 4 aromatic rings. The number of halogens is 2. The molecule has 0 amide bonds. The number of aryl methyl sites for hydroxylation is 1. The van der Waals surface area contributed by atoms with Crippen LogP contribution in [-0.4, -0.2) is 15.9 Å². The largest absolute Gasteiger partial charge is 0.452 e. The number of carbonyl (C=O) groups excluding carboxylic acids is 1. The van der Waals surface area contributed by atoms with Crippen molar-refractivity contribution >= 4 is 55.4 Å². The molecule has 27 heavy (non-hydrogen) atoms. The van der Waals surface area contributed by atoms with E-state index in [1.807, 2.05) is 12.1 Å². The number of fused-ring (bicyclic) bond motifs is 2. The van der Waals surface area contributed by atoms with Gasteiger partial charge in [0.25, 0.3) is 5.56 Å². The maximum atomic E-state index is 12.4. The van der Waals surface area contributed by atoms with Crippen LogP contribution in [0.25, 0.3) is 21.9 Å². The summed E-state index contributed by atoms with van der Waals surface area (Å²) in [6, 6.07) is 10.3. The molecule has 0 unspecified atom stereocenters. The Morgan fingerprint density at radius 3 is 2.89 bits per heavy atom. The highest BCUT2D eigenvalue weighted by atomic mass is 79.9. The van der Waals surface area contributed by atoms with Crippen LogP contribution in [0.15, 0.2) is 50.1 Å². The van der Waals surface area contributed by atoms with E-state index in [1.165, 1.54) is 0 Å². The van der Waals surface area contributed by atoms with Crippen LogP contribution >= 0.6 is 27.5 Å². The lowest BCUT2D eigenvalue weighted by Gasteiger charge is -2.05. The lowest BCUT2D eigenvalue weighted by Crippen LogP contribution is -2.14. The SMILES string of the molecule is Cc1c(C(=O)OCc2nc3cc(Cl)ccc3c(=O)[nH]2)oc2ccc(Br)cc12. The summed E-state index contributed by atoms with van der Waals surface area (Å²) in [6.07, 6.45) is 0. The summed E-state index contributed by atoms with van der Waals surface area (Å²) in [5.41, 5.74) is 1.38. The summed E-state index contributed by atoms with van der Waals surface area (Å²) in [5.74, 6) is -0.289. The van der Waals surface area contributed by atoms with Crippen molar-refractivity contribution in [2.75, 3.05) is 0 Å². The number of hydrogen-bond donors (Lipinski definition) is 1. The predicted molar refractivity (Wildman–Crippen MR) is 105 cm³/mol. The Kier molecular flexibility index (Phi) is 4.49. The van der Waals surface area contributed by atoms with Crippen molar-refractivity contribution in [2.45, 2.75) is 13.5 Å². The van der Waals surface area contributed by atoms with Crippen molar-refractivity contribution < 1.29 is 13.9 Å². The molecule has 0 atom stereocenters. The number of nitrogens with one attached hydrogen (secondary N) is 1. The van der Waals surface area contributed by atoms with Crippen LogP contribution in [0.2, 0.25) is 5.02 Å². The summed E-state index contributed by atoms with van der Waals surface area (Å²) >= 11 is 9.34. The minimum atomic E-state index is -0.631. The van der Waals surface area contributed by atoms with E-state index in [-0.39, 0.29) is 23.8 Å². The lowest BCUT2D eigenvalue weighted by molar-refractivity contribution is 0.0427. The molecule has 0 saturated heterocycles. The van der Waals surface area contributed by atoms with Crippen LogP contribution in [0.5, 0.6) is 0 Å². The number of aromatic amines is 1. The van der Waals surface area contributed by atoms with Gasteiger partial charge in [-0.1, -0.05) is 27.5 Å². The van der Waals surface area contributed by atoms with E-state index in [0.717, 1.165) is 9.86 Å². The summed E-state index contributed by atoms with van der Waals surface area (Å²) in [4.78, 5) is 31.4. The number of benzene rings is 2. The van der Waals surface area contributed by atoms with Crippen LogP contribution < -0.4 is 5.56 Å². The normalized spacial score (nSPS) is 11.2. The fourth-order valence-electron chi connectivity index (χ4n) is 2.82. The van der Waals surface area contributed by atoms with Gasteiger partial charge in [-0.25, -0.2) is 9.78 Å². The molecule has 2 aromatic carbocycles. The van der Waals surface area contributed by atoms with Gasteiger partial charge in [0.1, 0.15) is 18.0 Å². The molecule has 0 saturated carbocycles. The number of nitrogens with zero attached hydrogens (tertiary/aromatic N) is 1. The second-order valence-corrected chi connectivity index (χ2v) is 7.30. The van der Waals surface area contributed by atoms with Gasteiger partial charge < -0.3 is 14.1 Å². The quantitative estimate of drug-likeness (QED) is 0.458. The number of rotatable bonds is 3. The molecular formula is C19H12BrClN2O4. The highest BCUT2D eigenvalue weighted by molar-refractivity contribution is 9.10. The summed E-state index contributed by atoms with van der Waals surface area (Å²) in [5, 5.41) is 1.70. The zero-order chi connectivity index (χ0) is 19.1. The van der Waals surface area contributed by atoms with E-state index < -0.39 is 5.97 Å². The molecule has 0 aliphatic rings. The molecule has 8 heteroatoms. The van der Waals surface area contributed by atoms with E-state index in [9.17, 15) is 9.59 Å². The Labute approximate surface area is 166 Å². The molecule has 0 aliphatic heterocycles. The van der Waals surface area contributed by atoms with Crippen LogP contribution in [-0.2, 0) is 11.3 Å². The first-order chi connectivity index (χ1) is 12.9. The Morgan fingerprint density at radius 1 is 1.26 bits per heavy atom. The van der Waals surface area contributed by atoms with Crippen molar-refractivity contribution in [3.8, 4) is 0 Å². The number of ether oxygens (including phenoxy) is 1. The van der Waals surface area contributed by atoms with E-state index in [2.05, 4.69) is 25.9 Å². The van der Waals surface area contributed by atoms with Crippen molar-refractivity contribution in [2.24, 2.45) is 0 Å². The topological polar surface area (TPSA) is 85.2 Å². The highest BCUT2D eigenvalue weighted by Crippen LogP contribution is 2.28. The maximum Gasteiger partial charge on any atom is 0.375 e. The molecule has 0 fully saturated rings. The van der Waals surface area contributed by atoms with Crippen molar-refractivity contribution in [3.63, 3.8) is 0 Å². The molecule has 0 aliphatic carbocycles. The van der Waals surface area contributed by atoms with E-state index in [0.29, 0.717) is 27.1 Å². The fourth-order valence-corrected chi connectivity index (χ4v) is 3.34. The first kappa shape index (κ1) is 17.8. The number of H-pyrrole nitrogens is 1. The third-order valence-electron chi connectivity index (χ3n) is 4.14. The molecule has 0 spiro atoms. The molecule has 2 aromatic heterocycles. The van der Waals surface area contributed by atoms with E-state index in [1.54, 1.807) is 31.2 Å². The van der Waals surface area contributed by atoms with Gasteiger partial charge in [0.15, 0.2) is 0 Å². The van der Waals surface area contributed by atoms with Gasteiger partial charge in [-0.05, 0) is 43.3 Å². The van der Waals surface area contributed by atoms with Gasteiger partial charge in [-0.3, -0.25) is 4.79 Å². The second-order valence-electron chi connectivity index (χ2n) is 5.95. The molecular weight excluding hydrogens is 436 g/mol. The Bertz CT molecular complexity index is 1260. The number of aromatic nitrogens is 2. The van der Waals surface area contributed by atoms with Crippen molar-refractivity contribution in [3.05, 3.63) is 73.4 Å². The van der Waals surface area contributed by atoms with Crippen LogP contribution in [0.1, 0.15) is 21.9 Å². The van der Waals surface area contributed by atoms with Gasteiger partial charge in [0.2, 0.25) is 5.76 Å². The minimum Gasteiger partial charge on any atom is -0.452 e.